The third-order valence-electron chi connectivity index (χ3n) is 3.32. The first-order valence-electron chi connectivity index (χ1n) is 6.53. The van der Waals surface area contributed by atoms with Crippen molar-refractivity contribution >= 4 is 11.6 Å². The van der Waals surface area contributed by atoms with Gasteiger partial charge >= 0.3 is 0 Å². The van der Waals surface area contributed by atoms with Gasteiger partial charge in [-0.1, -0.05) is 44.2 Å². The van der Waals surface area contributed by atoms with E-state index in [0.717, 1.165) is 0 Å². The van der Waals surface area contributed by atoms with Crippen LogP contribution >= 0.6 is 0 Å². The van der Waals surface area contributed by atoms with Gasteiger partial charge in [-0.2, -0.15) is 5.10 Å². The van der Waals surface area contributed by atoms with Gasteiger partial charge in [0.2, 0.25) is 0 Å². The van der Waals surface area contributed by atoms with Crippen LogP contribution in [-0.2, 0) is 12.5 Å². The van der Waals surface area contributed by atoms with Crippen LogP contribution in [0.1, 0.15) is 29.9 Å². The summed E-state index contributed by atoms with van der Waals surface area (Å²) in [5.41, 5.74) is 7.44. The second-order valence-electron chi connectivity index (χ2n) is 5.54. The Hall–Kier alpha value is -2.30. The minimum atomic E-state index is -0.243. The van der Waals surface area contributed by atoms with Crippen molar-refractivity contribution in [2.45, 2.75) is 19.3 Å². The Balaban J connectivity index is 2.05. The molecule has 0 aliphatic rings. The van der Waals surface area contributed by atoms with Gasteiger partial charge in [0.05, 0.1) is 5.69 Å². The molecule has 5 nitrogen and oxygen atoms in total. The minimum absolute atomic E-state index is 0.152. The molecule has 0 aliphatic heterocycles. The Bertz CT molecular complexity index is 602. The highest BCUT2D eigenvalue weighted by atomic mass is 16.2. The lowest BCUT2D eigenvalue weighted by atomic mass is 9.84. The molecule has 20 heavy (non-hydrogen) atoms. The van der Waals surface area contributed by atoms with Gasteiger partial charge in [-0.3, -0.25) is 9.48 Å². The predicted molar refractivity (Wildman–Crippen MR) is 79.4 cm³/mol. The molecule has 1 heterocycles. The first kappa shape index (κ1) is 14.1. The van der Waals surface area contributed by atoms with Crippen LogP contribution in [0.5, 0.6) is 0 Å². The SMILES string of the molecule is Cn1cc(N)c(C(=O)NCC(C)(C)c2ccccc2)n1. The first-order chi connectivity index (χ1) is 9.40. The Labute approximate surface area is 118 Å². The number of nitrogen functional groups attached to an aromatic ring is 1. The van der Waals surface area contributed by atoms with Gasteiger partial charge in [0.25, 0.3) is 5.91 Å². The van der Waals surface area contributed by atoms with Crippen molar-refractivity contribution in [3.63, 3.8) is 0 Å². The van der Waals surface area contributed by atoms with Gasteiger partial charge in [0, 0.05) is 25.2 Å². The van der Waals surface area contributed by atoms with Gasteiger partial charge in [-0.25, -0.2) is 0 Å². The molecule has 0 unspecified atom stereocenters. The van der Waals surface area contributed by atoms with Crippen LogP contribution in [0, 0.1) is 0 Å². The summed E-state index contributed by atoms with van der Waals surface area (Å²) in [5, 5.41) is 6.96. The van der Waals surface area contributed by atoms with Crippen molar-refractivity contribution < 1.29 is 4.79 Å². The molecule has 1 amide bonds. The number of anilines is 1. The fourth-order valence-corrected chi connectivity index (χ4v) is 2.06. The number of benzene rings is 1. The highest BCUT2D eigenvalue weighted by molar-refractivity contribution is 5.97. The second-order valence-corrected chi connectivity index (χ2v) is 5.54. The lowest BCUT2D eigenvalue weighted by Crippen LogP contribution is -2.37. The van der Waals surface area contributed by atoms with Crippen molar-refractivity contribution in [2.24, 2.45) is 7.05 Å². The molecule has 1 aromatic heterocycles. The van der Waals surface area contributed by atoms with Gasteiger partial charge in [-0.15, -0.1) is 0 Å². The molecule has 2 aromatic rings. The van der Waals surface area contributed by atoms with E-state index in [0.29, 0.717) is 12.2 Å². The van der Waals surface area contributed by atoms with Crippen LogP contribution in [0.3, 0.4) is 0 Å². The molecule has 2 rings (SSSR count). The topological polar surface area (TPSA) is 72.9 Å². The monoisotopic (exact) mass is 272 g/mol. The number of aromatic nitrogens is 2. The van der Waals surface area contributed by atoms with Crippen molar-refractivity contribution in [2.75, 3.05) is 12.3 Å². The molecule has 0 spiro atoms. The summed E-state index contributed by atoms with van der Waals surface area (Å²) in [7, 11) is 1.74. The molecule has 0 aliphatic carbocycles. The van der Waals surface area contributed by atoms with Crippen molar-refractivity contribution in [3.05, 3.63) is 47.8 Å². The number of rotatable bonds is 4. The quantitative estimate of drug-likeness (QED) is 0.890. The van der Waals surface area contributed by atoms with Crippen molar-refractivity contribution in [1.29, 1.82) is 0 Å². The summed E-state index contributed by atoms with van der Waals surface area (Å²) in [6.07, 6.45) is 1.62. The average Bonchev–Trinajstić information content (AvgIpc) is 2.76. The molecular weight excluding hydrogens is 252 g/mol. The van der Waals surface area contributed by atoms with E-state index in [-0.39, 0.29) is 17.0 Å². The molecular formula is C15H20N4O. The predicted octanol–water partition coefficient (Wildman–Crippen LogP) is 1.71. The van der Waals surface area contributed by atoms with Crippen LogP contribution in [0.2, 0.25) is 0 Å². The van der Waals surface area contributed by atoms with Crippen LogP contribution < -0.4 is 11.1 Å². The Morgan fingerprint density at radius 1 is 1.35 bits per heavy atom. The third kappa shape index (κ3) is 2.99. The van der Waals surface area contributed by atoms with E-state index in [1.807, 2.05) is 18.2 Å². The maximum Gasteiger partial charge on any atom is 0.273 e. The molecule has 0 radical (unpaired) electrons. The third-order valence-corrected chi connectivity index (χ3v) is 3.32. The number of nitrogens with zero attached hydrogens (tertiary/aromatic N) is 2. The second kappa shape index (κ2) is 5.36. The van der Waals surface area contributed by atoms with Gasteiger partial charge < -0.3 is 11.1 Å². The molecule has 0 saturated carbocycles. The highest BCUT2D eigenvalue weighted by Crippen LogP contribution is 2.22. The first-order valence-corrected chi connectivity index (χ1v) is 6.53. The molecule has 3 N–H and O–H groups in total. The van der Waals surface area contributed by atoms with Crippen LogP contribution in [0.4, 0.5) is 5.69 Å². The van der Waals surface area contributed by atoms with Crippen molar-refractivity contribution in [3.8, 4) is 0 Å². The fourth-order valence-electron chi connectivity index (χ4n) is 2.06. The largest absolute Gasteiger partial charge is 0.396 e. The van der Waals surface area contributed by atoms with Gasteiger partial charge in [0.1, 0.15) is 0 Å². The number of carbonyl (C=O) groups excluding carboxylic acids is 1. The Morgan fingerprint density at radius 3 is 2.55 bits per heavy atom. The number of amides is 1. The normalized spacial score (nSPS) is 11.3. The molecule has 0 atom stereocenters. The molecule has 0 bridgehead atoms. The van der Waals surface area contributed by atoms with Gasteiger partial charge in [0.15, 0.2) is 5.69 Å². The fraction of sp³-hybridized carbons (Fsp3) is 0.333. The summed E-state index contributed by atoms with van der Waals surface area (Å²) in [6.45, 7) is 4.70. The molecule has 0 fully saturated rings. The van der Waals surface area contributed by atoms with E-state index < -0.39 is 0 Å². The molecule has 0 saturated heterocycles. The number of nitrogens with one attached hydrogen (secondary N) is 1. The lowest BCUT2D eigenvalue weighted by Gasteiger charge is -2.25. The average molecular weight is 272 g/mol. The van der Waals surface area contributed by atoms with Crippen molar-refractivity contribution in [1.82, 2.24) is 15.1 Å². The summed E-state index contributed by atoms with van der Waals surface area (Å²) < 4.78 is 1.53. The van der Waals surface area contributed by atoms with E-state index >= 15 is 0 Å². The smallest absolute Gasteiger partial charge is 0.273 e. The Kier molecular flexibility index (Phi) is 3.79. The van der Waals surface area contributed by atoms with Gasteiger partial charge in [-0.05, 0) is 5.56 Å². The molecule has 1 aromatic carbocycles. The zero-order valence-electron chi connectivity index (χ0n) is 12.1. The summed E-state index contributed by atoms with van der Waals surface area (Å²) in [6, 6.07) is 10.1. The number of hydrogen-bond donors (Lipinski definition) is 2. The Morgan fingerprint density at radius 2 is 2.00 bits per heavy atom. The molecule has 5 heteroatoms. The highest BCUT2D eigenvalue weighted by Gasteiger charge is 2.22. The van der Waals surface area contributed by atoms with E-state index in [1.54, 1.807) is 13.2 Å². The zero-order chi connectivity index (χ0) is 14.8. The van der Waals surface area contributed by atoms with Crippen LogP contribution in [0.25, 0.3) is 0 Å². The summed E-state index contributed by atoms with van der Waals surface area (Å²) >= 11 is 0. The number of carbonyl (C=O) groups is 1. The van der Waals surface area contributed by atoms with E-state index in [1.165, 1.54) is 10.2 Å². The maximum atomic E-state index is 12.1. The van der Waals surface area contributed by atoms with Crippen LogP contribution in [0.15, 0.2) is 36.5 Å². The maximum absolute atomic E-state index is 12.1. The van der Waals surface area contributed by atoms with E-state index in [2.05, 4.69) is 36.4 Å². The lowest BCUT2D eigenvalue weighted by molar-refractivity contribution is 0.0941. The van der Waals surface area contributed by atoms with E-state index in [9.17, 15) is 4.79 Å². The molecule has 106 valence electrons. The number of hydrogen-bond acceptors (Lipinski definition) is 3. The minimum Gasteiger partial charge on any atom is -0.396 e. The zero-order valence-corrected chi connectivity index (χ0v) is 12.1. The summed E-state index contributed by atoms with van der Waals surface area (Å²) in [4.78, 5) is 12.1. The van der Waals surface area contributed by atoms with E-state index in [4.69, 9.17) is 5.73 Å². The standard InChI is InChI=1S/C15H20N4O/c1-15(2,11-7-5-4-6-8-11)10-17-14(20)13-12(16)9-19(3)18-13/h4-9H,10,16H2,1-3H3,(H,17,20). The number of nitrogens with two attached hydrogens (primary N) is 1. The number of aryl methyl sites for hydroxylation is 1. The van der Waals surface area contributed by atoms with Crippen LogP contribution in [-0.4, -0.2) is 22.2 Å². The summed E-state index contributed by atoms with van der Waals surface area (Å²) in [5.74, 6) is -0.243.